The standard InChI is InChI=1S/C16H22N4OS/c1-11-7-14(18-20(11)3)16(21)17-8-12-9-19(2)10-13(12)15-5-4-6-22-15/h4-7,12-13H,8-10H2,1-3H3,(H,17,21)/t12-,13-/m1/s1. The molecular formula is C16H22N4OS. The van der Waals surface area contributed by atoms with Crippen LogP contribution in [0.5, 0.6) is 0 Å². The van der Waals surface area contributed by atoms with E-state index < -0.39 is 0 Å². The Hall–Kier alpha value is -1.66. The van der Waals surface area contributed by atoms with Crippen LogP contribution in [0.1, 0.15) is 27.0 Å². The molecule has 0 aromatic carbocycles. The summed E-state index contributed by atoms with van der Waals surface area (Å²) in [7, 11) is 4.00. The van der Waals surface area contributed by atoms with Crippen molar-refractivity contribution in [3.63, 3.8) is 0 Å². The second-order valence-electron chi connectivity index (χ2n) is 6.11. The molecule has 2 aromatic rings. The van der Waals surface area contributed by atoms with E-state index in [9.17, 15) is 4.79 Å². The third-order valence-corrected chi connectivity index (χ3v) is 5.41. The molecule has 1 saturated heterocycles. The molecule has 0 bridgehead atoms. The molecule has 0 saturated carbocycles. The van der Waals surface area contributed by atoms with Crippen LogP contribution in [0.25, 0.3) is 0 Å². The molecule has 2 atom stereocenters. The van der Waals surface area contributed by atoms with Crippen LogP contribution in [0.2, 0.25) is 0 Å². The average Bonchev–Trinajstić information content (AvgIpc) is 3.18. The number of hydrogen-bond acceptors (Lipinski definition) is 4. The predicted octanol–water partition coefficient (Wildman–Crippen LogP) is 1.87. The summed E-state index contributed by atoms with van der Waals surface area (Å²) >= 11 is 1.81. The van der Waals surface area contributed by atoms with E-state index in [1.807, 2.05) is 20.0 Å². The summed E-state index contributed by atoms with van der Waals surface area (Å²) in [6, 6.07) is 6.13. The lowest BCUT2D eigenvalue weighted by Gasteiger charge is -2.17. The highest BCUT2D eigenvalue weighted by Gasteiger charge is 2.32. The fourth-order valence-corrected chi connectivity index (χ4v) is 4.02. The predicted molar refractivity (Wildman–Crippen MR) is 88.3 cm³/mol. The lowest BCUT2D eigenvalue weighted by molar-refractivity contribution is 0.0941. The van der Waals surface area contributed by atoms with Gasteiger partial charge in [0, 0.05) is 43.2 Å². The third kappa shape index (κ3) is 3.08. The minimum atomic E-state index is -0.0804. The van der Waals surface area contributed by atoms with Crippen molar-refractivity contribution in [1.29, 1.82) is 0 Å². The van der Waals surface area contributed by atoms with Gasteiger partial charge in [-0.2, -0.15) is 5.10 Å². The lowest BCUT2D eigenvalue weighted by atomic mass is 9.94. The molecule has 22 heavy (non-hydrogen) atoms. The molecule has 3 heterocycles. The monoisotopic (exact) mass is 318 g/mol. The fourth-order valence-electron chi connectivity index (χ4n) is 3.10. The number of carbonyl (C=O) groups excluding carboxylic acids is 1. The topological polar surface area (TPSA) is 50.2 Å². The smallest absolute Gasteiger partial charge is 0.271 e. The quantitative estimate of drug-likeness (QED) is 0.936. The van der Waals surface area contributed by atoms with Gasteiger partial charge >= 0.3 is 0 Å². The summed E-state index contributed by atoms with van der Waals surface area (Å²) in [5.74, 6) is 0.886. The van der Waals surface area contributed by atoms with Crippen molar-refractivity contribution in [2.24, 2.45) is 13.0 Å². The number of hydrogen-bond donors (Lipinski definition) is 1. The van der Waals surface area contributed by atoms with E-state index in [2.05, 4.69) is 39.9 Å². The number of aromatic nitrogens is 2. The van der Waals surface area contributed by atoms with Crippen molar-refractivity contribution < 1.29 is 4.79 Å². The second-order valence-corrected chi connectivity index (χ2v) is 7.09. The molecule has 5 nitrogen and oxygen atoms in total. The van der Waals surface area contributed by atoms with Gasteiger partial charge in [-0.25, -0.2) is 0 Å². The maximum absolute atomic E-state index is 12.2. The number of aryl methyl sites for hydroxylation is 2. The first-order valence-corrected chi connectivity index (χ1v) is 8.43. The van der Waals surface area contributed by atoms with E-state index in [-0.39, 0.29) is 5.91 Å². The fraction of sp³-hybridized carbons (Fsp3) is 0.500. The zero-order chi connectivity index (χ0) is 15.7. The molecule has 6 heteroatoms. The van der Waals surface area contributed by atoms with Crippen LogP contribution in [0.3, 0.4) is 0 Å². The maximum atomic E-state index is 12.2. The first-order valence-electron chi connectivity index (χ1n) is 7.55. The van der Waals surface area contributed by atoms with Gasteiger partial charge in [0.05, 0.1) is 0 Å². The molecule has 0 unspecified atom stereocenters. The number of nitrogens with zero attached hydrogens (tertiary/aromatic N) is 3. The zero-order valence-electron chi connectivity index (χ0n) is 13.2. The van der Waals surface area contributed by atoms with Crippen molar-refractivity contribution in [3.8, 4) is 0 Å². The van der Waals surface area contributed by atoms with Crippen LogP contribution >= 0.6 is 11.3 Å². The highest BCUT2D eigenvalue weighted by Crippen LogP contribution is 2.34. The number of likely N-dealkylation sites (tertiary alicyclic amines) is 1. The molecule has 1 fully saturated rings. The number of amides is 1. The van der Waals surface area contributed by atoms with Crippen molar-refractivity contribution in [2.75, 3.05) is 26.7 Å². The van der Waals surface area contributed by atoms with Crippen LogP contribution in [0.4, 0.5) is 0 Å². The highest BCUT2D eigenvalue weighted by molar-refractivity contribution is 7.10. The van der Waals surface area contributed by atoms with Crippen molar-refractivity contribution in [1.82, 2.24) is 20.0 Å². The summed E-state index contributed by atoms with van der Waals surface area (Å²) < 4.78 is 1.73. The molecule has 0 radical (unpaired) electrons. The molecule has 1 aliphatic heterocycles. The summed E-state index contributed by atoms with van der Waals surface area (Å²) in [6.45, 7) is 4.72. The second kappa shape index (κ2) is 6.22. The number of likely N-dealkylation sites (N-methyl/N-ethyl adjacent to an activating group) is 1. The molecule has 118 valence electrons. The summed E-state index contributed by atoms with van der Waals surface area (Å²) in [5, 5.41) is 9.42. The van der Waals surface area contributed by atoms with Crippen molar-refractivity contribution >= 4 is 17.2 Å². The largest absolute Gasteiger partial charge is 0.350 e. The van der Waals surface area contributed by atoms with Gasteiger partial charge in [-0.15, -0.1) is 11.3 Å². The maximum Gasteiger partial charge on any atom is 0.271 e. The molecule has 0 spiro atoms. The molecular weight excluding hydrogens is 296 g/mol. The Bertz CT molecular complexity index is 630. The average molecular weight is 318 g/mol. The van der Waals surface area contributed by atoms with Gasteiger partial charge in [-0.3, -0.25) is 9.48 Å². The van der Waals surface area contributed by atoms with E-state index in [0.717, 1.165) is 18.8 Å². The minimum absolute atomic E-state index is 0.0804. The first kappa shape index (κ1) is 15.2. The Morgan fingerprint density at radius 3 is 2.91 bits per heavy atom. The van der Waals surface area contributed by atoms with Crippen LogP contribution in [0.15, 0.2) is 23.6 Å². The Labute approximate surface area is 134 Å². The molecule has 0 aliphatic carbocycles. The third-order valence-electron chi connectivity index (χ3n) is 4.40. The number of nitrogens with one attached hydrogen (secondary N) is 1. The van der Waals surface area contributed by atoms with Gasteiger partial charge in [-0.1, -0.05) is 6.07 Å². The van der Waals surface area contributed by atoms with Gasteiger partial charge in [-0.05, 0) is 37.4 Å². The van der Waals surface area contributed by atoms with Crippen LogP contribution in [0, 0.1) is 12.8 Å². The first-order chi connectivity index (χ1) is 10.5. The Kier molecular flexibility index (Phi) is 4.31. The number of rotatable bonds is 4. The van der Waals surface area contributed by atoms with E-state index in [1.54, 1.807) is 16.0 Å². The number of thiophene rings is 1. The van der Waals surface area contributed by atoms with E-state index >= 15 is 0 Å². The molecule has 1 N–H and O–H groups in total. The van der Waals surface area contributed by atoms with Gasteiger partial charge in [0.25, 0.3) is 5.91 Å². The zero-order valence-corrected chi connectivity index (χ0v) is 14.1. The SMILES string of the molecule is Cc1cc(C(=O)NC[C@@H]2CN(C)C[C@H]2c2cccs2)nn1C. The summed E-state index contributed by atoms with van der Waals surface area (Å²) in [5.41, 5.74) is 1.49. The van der Waals surface area contributed by atoms with Gasteiger partial charge in [0.15, 0.2) is 0 Å². The van der Waals surface area contributed by atoms with Gasteiger partial charge < -0.3 is 10.2 Å². The van der Waals surface area contributed by atoms with Gasteiger partial charge in [0.1, 0.15) is 5.69 Å². The summed E-state index contributed by atoms with van der Waals surface area (Å²) in [4.78, 5) is 16.0. The minimum Gasteiger partial charge on any atom is -0.350 e. The van der Waals surface area contributed by atoms with Crippen LogP contribution in [-0.4, -0.2) is 47.3 Å². The van der Waals surface area contributed by atoms with E-state index in [0.29, 0.717) is 24.1 Å². The van der Waals surface area contributed by atoms with E-state index in [4.69, 9.17) is 0 Å². The molecule has 3 rings (SSSR count). The molecule has 1 aliphatic rings. The number of carbonyl (C=O) groups is 1. The van der Waals surface area contributed by atoms with Crippen LogP contribution < -0.4 is 5.32 Å². The van der Waals surface area contributed by atoms with Crippen LogP contribution in [-0.2, 0) is 7.05 Å². The lowest BCUT2D eigenvalue weighted by Crippen LogP contribution is -2.32. The normalized spacial score (nSPS) is 22.1. The Morgan fingerprint density at radius 1 is 1.45 bits per heavy atom. The van der Waals surface area contributed by atoms with Crippen molar-refractivity contribution in [2.45, 2.75) is 12.8 Å². The van der Waals surface area contributed by atoms with Crippen molar-refractivity contribution in [3.05, 3.63) is 39.8 Å². The Balaban J connectivity index is 1.63. The van der Waals surface area contributed by atoms with E-state index in [1.165, 1.54) is 4.88 Å². The highest BCUT2D eigenvalue weighted by atomic mass is 32.1. The Morgan fingerprint density at radius 2 is 2.27 bits per heavy atom. The van der Waals surface area contributed by atoms with Gasteiger partial charge in [0.2, 0.25) is 0 Å². The molecule has 2 aromatic heterocycles. The summed E-state index contributed by atoms with van der Waals surface area (Å²) in [6.07, 6.45) is 0. The molecule has 1 amide bonds.